The number of rotatable bonds is 10. The number of carboxylic acid groups (broad SMARTS) is 1. The molecule has 4 rings (SSSR count). The first-order valence-electron chi connectivity index (χ1n) is 12.6. The Kier molecular flexibility index (Phi) is 8.06. The molecule has 2 amide bonds. The highest BCUT2D eigenvalue weighted by Gasteiger charge is 2.32. The highest BCUT2D eigenvalue weighted by Crippen LogP contribution is 2.44. The Hall–Kier alpha value is -3.35. The van der Waals surface area contributed by atoms with E-state index in [1.807, 2.05) is 31.2 Å². The van der Waals surface area contributed by atoms with Gasteiger partial charge in [0.1, 0.15) is 12.6 Å². The van der Waals surface area contributed by atoms with Crippen molar-refractivity contribution >= 4 is 18.0 Å². The third kappa shape index (κ3) is 5.84. The maximum Gasteiger partial charge on any atom is 0.407 e. The van der Waals surface area contributed by atoms with Gasteiger partial charge in [-0.1, -0.05) is 74.7 Å². The molecule has 7 heteroatoms. The Morgan fingerprint density at radius 3 is 2.14 bits per heavy atom. The van der Waals surface area contributed by atoms with E-state index in [1.54, 1.807) is 0 Å². The third-order valence-corrected chi connectivity index (χ3v) is 7.22. The molecule has 0 radical (unpaired) electrons. The third-order valence-electron chi connectivity index (χ3n) is 7.22. The van der Waals surface area contributed by atoms with Gasteiger partial charge in [-0.2, -0.15) is 0 Å². The summed E-state index contributed by atoms with van der Waals surface area (Å²) in [6.07, 6.45) is 4.30. The minimum Gasteiger partial charge on any atom is -0.481 e. The van der Waals surface area contributed by atoms with Gasteiger partial charge in [0.25, 0.3) is 0 Å². The highest BCUT2D eigenvalue weighted by atomic mass is 16.5. The van der Waals surface area contributed by atoms with Gasteiger partial charge in [0.05, 0.1) is 6.42 Å². The van der Waals surface area contributed by atoms with E-state index >= 15 is 0 Å². The average Bonchev–Trinajstić information content (AvgIpc) is 3.49. The molecule has 2 aliphatic carbocycles. The van der Waals surface area contributed by atoms with Crippen molar-refractivity contribution in [3.8, 4) is 11.1 Å². The van der Waals surface area contributed by atoms with Gasteiger partial charge in [-0.25, -0.2) is 4.79 Å². The molecule has 2 aromatic rings. The van der Waals surface area contributed by atoms with Crippen molar-refractivity contribution in [2.24, 2.45) is 5.92 Å². The maximum absolute atomic E-state index is 13.0. The fourth-order valence-electron chi connectivity index (χ4n) is 5.51. The molecule has 0 spiro atoms. The van der Waals surface area contributed by atoms with Crippen molar-refractivity contribution in [3.05, 3.63) is 59.7 Å². The molecule has 35 heavy (non-hydrogen) atoms. The van der Waals surface area contributed by atoms with Crippen LogP contribution in [0, 0.1) is 5.92 Å². The predicted molar refractivity (Wildman–Crippen MR) is 133 cm³/mol. The van der Waals surface area contributed by atoms with Crippen LogP contribution in [0.5, 0.6) is 0 Å². The van der Waals surface area contributed by atoms with Crippen LogP contribution in [0.1, 0.15) is 68.9 Å². The number of carboxylic acids is 1. The van der Waals surface area contributed by atoms with E-state index in [0.717, 1.165) is 47.9 Å². The number of fused-ring (bicyclic) bond motifs is 3. The molecule has 0 aromatic heterocycles. The minimum absolute atomic E-state index is 0.0612. The quantitative estimate of drug-likeness (QED) is 0.453. The maximum atomic E-state index is 13.0. The van der Waals surface area contributed by atoms with Crippen LogP contribution in [0.4, 0.5) is 4.79 Å². The second-order valence-corrected chi connectivity index (χ2v) is 9.57. The summed E-state index contributed by atoms with van der Waals surface area (Å²) in [5.41, 5.74) is 4.54. The Balaban J connectivity index is 1.38. The second-order valence-electron chi connectivity index (χ2n) is 9.57. The molecular formula is C28H34N2O5. The lowest BCUT2D eigenvalue weighted by atomic mass is 9.94. The molecule has 1 fully saturated rings. The topological polar surface area (TPSA) is 105 Å². The van der Waals surface area contributed by atoms with Crippen molar-refractivity contribution in [3.63, 3.8) is 0 Å². The standard InChI is InChI=1S/C28H34N2O5/c1-2-9-24(27(33)29-25(16-26(31)32)18-10-3-4-11-18)30-28(34)35-17-23-21-14-7-5-12-19(21)20-13-6-8-15-22(20)23/h5-8,12-15,18,23-25H,2-4,9-11,16-17H2,1H3,(H,29,33)(H,30,34)(H,31,32)/t24-,25?/m1/s1. The lowest BCUT2D eigenvalue weighted by molar-refractivity contribution is -0.138. The van der Waals surface area contributed by atoms with Gasteiger partial charge in [0.15, 0.2) is 0 Å². The summed E-state index contributed by atoms with van der Waals surface area (Å²) in [6, 6.07) is 15.0. The Labute approximate surface area is 206 Å². The van der Waals surface area contributed by atoms with Crippen LogP contribution in [0.3, 0.4) is 0 Å². The molecule has 186 valence electrons. The summed E-state index contributed by atoms with van der Waals surface area (Å²) in [7, 11) is 0. The van der Waals surface area contributed by atoms with Gasteiger partial charge < -0.3 is 20.5 Å². The van der Waals surface area contributed by atoms with Crippen molar-refractivity contribution in [1.29, 1.82) is 0 Å². The molecule has 2 atom stereocenters. The van der Waals surface area contributed by atoms with E-state index in [4.69, 9.17) is 4.74 Å². The molecule has 0 aliphatic heterocycles. The molecule has 7 nitrogen and oxygen atoms in total. The SMILES string of the molecule is CCC[C@@H](NC(=O)OCC1c2ccccc2-c2ccccc21)C(=O)NC(CC(=O)O)C1CCCC1. The van der Waals surface area contributed by atoms with E-state index in [0.29, 0.717) is 12.8 Å². The highest BCUT2D eigenvalue weighted by molar-refractivity contribution is 5.86. The van der Waals surface area contributed by atoms with E-state index in [2.05, 4.69) is 34.9 Å². The summed E-state index contributed by atoms with van der Waals surface area (Å²) >= 11 is 0. The van der Waals surface area contributed by atoms with Crippen molar-refractivity contribution in [2.45, 2.75) is 69.9 Å². The summed E-state index contributed by atoms with van der Waals surface area (Å²) in [5.74, 6) is -1.18. The van der Waals surface area contributed by atoms with E-state index < -0.39 is 24.1 Å². The van der Waals surface area contributed by atoms with Crippen molar-refractivity contribution in [2.75, 3.05) is 6.61 Å². The predicted octanol–water partition coefficient (Wildman–Crippen LogP) is 4.84. The van der Waals surface area contributed by atoms with Gasteiger partial charge in [-0.05, 0) is 47.4 Å². The first-order valence-corrected chi connectivity index (χ1v) is 12.6. The Bertz CT molecular complexity index is 1020. The monoisotopic (exact) mass is 478 g/mol. The molecule has 1 unspecified atom stereocenters. The van der Waals surface area contributed by atoms with Crippen LogP contribution >= 0.6 is 0 Å². The van der Waals surface area contributed by atoms with Crippen LogP contribution < -0.4 is 10.6 Å². The molecule has 0 saturated heterocycles. The van der Waals surface area contributed by atoms with Crippen LogP contribution in [0.2, 0.25) is 0 Å². The number of alkyl carbamates (subject to hydrolysis) is 1. The van der Waals surface area contributed by atoms with E-state index in [1.165, 1.54) is 0 Å². The van der Waals surface area contributed by atoms with Crippen LogP contribution in [-0.4, -0.2) is 41.8 Å². The summed E-state index contributed by atoms with van der Waals surface area (Å²) in [4.78, 5) is 37.1. The summed E-state index contributed by atoms with van der Waals surface area (Å²) in [6.45, 7) is 2.11. The van der Waals surface area contributed by atoms with E-state index in [-0.39, 0.29) is 30.8 Å². The van der Waals surface area contributed by atoms with Crippen LogP contribution in [-0.2, 0) is 14.3 Å². The van der Waals surface area contributed by atoms with Gasteiger partial charge in [-0.3, -0.25) is 9.59 Å². The lowest BCUT2D eigenvalue weighted by Gasteiger charge is -2.26. The molecule has 1 saturated carbocycles. The molecule has 0 bridgehead atoms. The number of hydrogen-bond donors (Lipinski definition) is 3. The van der Waals surface area contributed by atoms with Crippen LogP contribution in [0.25, 0.3) is 11.1 Å². The lowest BCUT2D eigenvalue weighted by Crippen LogP contribution is -2.51. The number of amides is 2. The summed E-state index contributed by atoms with van der Waals surface area (Å²) < 4.78 is 5.61. The van der Waals surface area contributed by atoms with E-state index in [9.17, 15) is 19.5 Å². The number of benzene rings is 2. The zero-order valence-corrected chi connectivity index (χ0v) is 20.2. The number of nitrogens with one attached hydrogen (secondary N) is 2. The number of aliphatic carboxylic acids is 1. The number of ether oxygens (including phenoxy) is 1. The Morgan fingerprint density at radius 2 is 1.57 bits per heavy atom. The van der Waals surface area contributed by atoms with Crippen molar-refractivity contribution in [1.82, 2.24) is 10.6 Å². The number of carbonyl (C=O) groups is 3. The minimum atomic E-state index is -0.932. The van der Waals surface area contributed by atoms with Gasteiger partial charge in [-0.15, -0.1) is 0 Å². The zero-order chi connectivity index (χ0) is 24.8. The normalized spacial score (nSPS) is 16.7. The van der Waals surface area contributed by atoms with Gasteiger partial charge in [0, 0.05) is 12.0 Å². The molecular weight excluding hydrogens is 444 g/mol. The van der Waals surface area contributed by atoms with Crippen molar-refractivity contribution < 1.29 is 24.2 Å². The molecule has 2 aliphatic rings. The largest absolute Gasteiger partial charge is 0.481 e. The zero-order valence-electron chi connectivity index (χ0n) is 20.2. The first-order chi connectivity index (χ1) is 17.0. The number of carbonyl (C=O) groups excluding carboxylic acids is 2. The average molecular weight is 479 g/mol. The van der Waals surface area contributed by atoms with Crippen LogP contribution in [0.15, 0.2) is 48.5 Å². The fourth-order valence-corrected chi connectivity index (χ4v) is 5.51. The first kappa shape index (κ1) is 24.8. The van der Waals surface area contributed by atoms with Gasteiger partial charge in [0.2, 0.25) is 5.91 Å². The molecule has 2 aromatic carbocycles. The smallest absolute Gasteiger partial charge is 0.407 e. The summed E-state index contributed by atoms with van der Waals surface area (Å²) in [5, 5.41) is 14.9. The number of hydrogen-bond acceptors (Lipinski definition) is 4. The molecule has 3 N–H and O–H groups in total. The second kappa shape index (κ2) is 11.4. The molecule has 0 heterocycles. The fraction of sp³-hybridized carbons (Fsp3) is 0.464. The van der Waals surface area contributed by atoms with Gasteiger partial charge >= 0.3 is 12.1 Å². The Morgan fingerprint density at radius 1 is 0.971 bits per heavy atom.